The molecule has 0 aliphatic carbocycles. The number of thiazole rings is 1. The van der Waals surface area contributed by atoms with Gasteiger partial charge in [-0.2, -0.15) is 5.10 Å². The molecule has 0 bridgehead atoms. The van der Waals surface area contributed by atoms with E-state index in [1.165, 1.54) is 23.3 Å². The molecule has 19 heavy (non-hydrogen) atoms. The summed E-state index contributed by atoms with van der Waals surface area (Å²) in [5, 5.41) is 5.10. The van der Waals surface area contributed by atoms with Gasteiger partial charge in [-0.3, -0.25) is 9.58 Å². The number of rotatable bonds is 3. The monoisotopic (exact) mass is 277 g/mol. The second kappa shape index (κ2) is 5.30. The van der Waals surface area contributed by atoms with Crippen LogP contribution in [0.2, 0.25) is 0 Å². The van der Waals surface area contributed by atoms with Crippen molar-refractivity contribution in [2.75, 3.05) is 18.8 Å². The zero-order valence-corrected chi connectivity index (χ0v) is 11.9. The fourth-order valence-electron chi connectivity index (χ4n) is 2.64. The number of nitrogens with zero attached hydrogens (tertiary/aromatic N) is 4. The number of hydrogen-bond acceptors (Lipinski definition) is 5. The lowest BCUT2D eigenvalue weighted by Crippen LogP contribution is -2.36. The van der Waals surface area contributed by atoms with Crippen molar-refractivity contribution in [1.29, 1.82) is 0 Å². The molecule has 0 radical (unpaired) electrons. The molecule has 0 amide bonds. The second-order valence-corrected chi connectivity index (χ2v) is 6.34. The van der Waals surface area contributed by atoms with Gasteiger partial charge in [0.2, 0.25) is 0 Å². The smallest absolute Gasteiger partial charge is 0.180 e. The molecule has 1 atom stereocenters. The summed E-state index contributed by atoms with van der Waals surface area (Å²) in [6.07, 6.45) is 8.39. The van der Waals surface area contributed by atoms with Gasteiger partial charge in [0.05, 0.1) is 12.2 Å². The Balaban J connectivity index is 1.64. The van der Waals surface area contributed by atoms with Crippen molar-refractivity contribution in [2.45, 2.75) is 32.4 Å². The molecule has 2 N–H and O–H groups in total. The van der Waals surface area contributed by atoms with Crippen LogP contribution in [0.1, 0.15) is 29.3 Å². The number of piperidine rings is 1. The van der Waals surface area contributed by atoms with Crippen LogP contribution in [0.25, 0.3) is 0 Å². The quantitative estimate of drug-likeness (QED) is 0.933. The van der Waals surface area contributed by atoms with Gasteiger partial charge in [0.1, 0.15) is 0 Å². The van der Waals surface area contributed by atoms with E-state index in [-0.39, 0.29) is 0 Å². The fourth-order valence-corrected chi connectivity index (χ4v) is 3.37. The molecule has 1 unspecified atom stereocenters. The van der Waals surface area contributed by atoms with Crippen LogP contribution in [0.5, 0.6) is 0 Å². The SMILES string of the molecule is Cc1cnn(C2CCCN(Cc3cnc(N)s3)C2)c1. The zero-order chi connectivity index (χ0) is 13.2. The van der Waals surface area contributed by atoms with Crippen LogP contribution in [-0.2, 0) is 6.54 Å². The fraction of sp³-hybridized carbons (Fsp3) is 0.538. The van der Waals surface area contributed by atoms with Gasteiger partial charge < -0.3 is 5.73 Å². The van der Waals surface area contributed by atoms with Crippen molar-refractivity contribution in [3.63, 3.8) is 0 Å². The number of aryl methyl sites for hydroxylation is 1. The van der Waals surface area contributed by atoms with E-state index in [1.807, 2.05) is 12.4 Å². The predicted octanol–water partition coefficient (Wildman–Crippen LogP) is 2.07. The van der Waals surface area contributed by atoms with Crippen molar-refractivity contribution in [2.24, 2.45) is 0 Å². The summed E-state index contributed by atoms with van der Waals surface area (Å²) in [7, 11) is 0. The Labute approximate surface area is 117 Å². The van der Waals surface area contributed by atoms with Crippen LogP contribution < -0.4 is 5.73 Å². The van der Waals surface area contributed by atoms with E-state index >= 15 is 0 Å². The molecule has 1 saturated heterocycles. The Bertz CT molecular complexity index is 547. The standard InChI is InChI=1S/C13H19N5S/c1-10-5-16-18(7-10)11-3-2-4-17(8-11)9-12-6-15-13(14)19-12/h5-7,11H,2-4,8-9H2,1H3,(H2,14,15). The largest absolute Gasteiger partial charge is 0.375 e. The third kappa shape index (κ3) is 2.96. The molecule has 0 spiro atoms. The summed E-state index contributed by atoms with van der Waals surface area (Å²) in [4.78, 5) is 7.83. The number of likely N-dealkylation sites (tertiary alicyclic amines) is 1. The van der Waals surface area contributed by atoms with Gasteiger partial charge in [-0.25, -0.2) is 4.98 Å². The lowest BCUT2D eigenvalue weighted by Gasteiger charge is -2.32. The Morgan fingerprint density at radius 3 is 3.05 bits per heavy atom. The molecule has 5 nitrogen and oxygen atoms in total. The topological polar surface area (TPSA) is 60.0 Å². The molecule has 102 valence electrons. The number of anilines is 1. The first kappa shape index (κ1) is 12.6. The molecule has 6 heteroatoms. The lowest BCUT2D eigenvalue weighted by atomic mass is 10.1. The summed E-state index contributed by atoms with van der Waals surface area (Å²) in [5.41, 5.74) is 6.91. The minimum Gasteiger partial charge on any atom is -0.375 e. The van der Waals surface area contributed by atoms with Gasteiger partial charge in [0.15, 0.2) is 5.13 Å². The maximum Gasteiger partial charge on any atom is 0.180 e. The summed E-state index contributed by atoms with van der Waals surface area (Å²) in [5.74, 6) is 0. The van der Waals surface area contributed by atoms with E-state index in [4.69, 9.17) is 5.73 Å². The minimum atomic E-state index is 0.493. The Morgan fingerprint density at radius 2 is 2.37 bits per heavy atom. The van der Waals surface area contributed by atoms with Gasteiger partial charge >= 0.3 is 0 Å². The maximum atomic E-state index is 5.68. The summed E-state index contributed by atoms with van der Waals surface area (Å²) >= 11 is 1.59. The van der Waals surface area contributed by atoms with Crippen molar-refractivity contribution in [3.8, 4) is 0 Å². The lowest BCUT2D eigenvalue weighted by molar-refractivity contribution is 0.164. The highest BCUT2D eigenvalue weighted by Gasteiger charge is 2.22. The van der Waals surface area contributed by atoms with E-state index < -0.39 is 0 Å². The van der Waals surface area contributed by atoms with E-state index in [1.54, 1.807) is 11.3 Å². The van der Waals surface area contributed by atoms with Gasteiger partial charge in [0.25, 0.3) is 0 Å². The van der Waals surface area contributed by atoms with Crippen molar-refractivity contribution in [1.82, 2.24) is 19.7 Å². The van der Waals surface area contributed by atoms with Crippen LogP contribution in [-0.4, -0.2) is 32.8 Å². The van der Waals surface area contributed by atoms with Crippen molar-refractivity contribution < 1.29 is 0 Å². The average Bonchev–Trinajstić information content (AvgIpc) is 2.99. The van der Waals surface area contributed by atoms with E-state index in [0.29, 0.717) is 11.2 Å². The van der Waals surface area contributed by atoms with Crippen LogP contribution in [0.15, 0.2) is 18.6 Å². The van der Waals surface area contributed by atoms with E-state index in [0.717, 1.165) is 19.6 Å². The summed E-state index contributed by atoms with van der Waals surface area (Å²) in [6.45, 7) is 5.24. The highest BCUT2D eigenvalue weighted by Crippen LogP contribution is 2.24. The van der Waals surface area contributed by atoms with Crippen LogP contribution in [0.3, 0.4) is 0 Å². The van der Waals surface area contributed by atoms with Crippen LogP contribution in [0, 0.1) is 6.92 Å². The van der Waals surface area contributed by atoms with Gasteiger partial charge in [-0.15, -0.1) is 11.3 Å². The normalized spacial score (nSPS) is 20.8. The highest BCUT2D eigenvalue weighted by atomic mass is 32.1. The zero-order valence-electron chi connectivity index (χ0n) is 11.1. The molecule has 2 aromatic heterocycles. The summed E-state index contributed by atoms with van der Waals surface area (Å²) < 4.78 is 2.11. The number of nitrogen functional groups attached to an aromatic ring is 1. The molecule has 1 aliphatic heterocycles. The molecule has 3 rings (SSSR count). The maximum absolute atomic E-state index is 5.68. The van der Waals surface area contributed by atoms with E-state index in [2.05, 4.69) is 32.8 Å². The molecule has 2 aromatic rings. The molecular formula is C13H19N5S. The van der Waals surface area contributed by atoms with Crippen LogP contribution >= 0.6 is 11.3 Å². The third-order valence-corrected chi connectivity index (χ3v) is 4.35. The van der Waals surface area contributed by atoms with E-state index in [9.17, 15) is 0 Å². The number of hydrogen-bond donors (Lipinski definition) is 1. The first-order valence-electron chi connectivity index (χ1n) is 6.64. The van der Waals surface area contributed by atoms with Gasteiger partial charge in [-0.1, -0.05) is 0 Å². The molecule has 0 aromatic carbocycles. The summed E-state index contributed by atoms with van der Waals surface area (Å²) in [6, 6.07) is 0.493. The highest BCUT2D eigenvalue weighted by molar-refractivity contribution is 7.15. The Hall–Kier alpha value is -1.40. The van der Waals surface area contributed by atoms with Crippen molar-refractivity contribution in [3.05, 3.63) is 29.0 Å². The second-order valence-electron chi connectivity index (χ2n) is 5.19. The molecule has 1 aliphatic rings. The Morgan fingerprint density at radius 1 is 1.47 bits per heavy atom. The Kier molecular flexibility index (Phi) is 3.52. The molecular weight excluding hydrogens is 258 g/mol. The number of nitrogens with two attached hydrogens (primary N) is 1. The predicted molar refractivity (Wildman–Crippen MR) is 77.0 cm³/mol. The van der Waals surface area contributed by atoms with Gasteiger partial charge in [0, 0.05) is 30.4 Å². The number of aromatic nitrogens is 3. The molecule has 3 heterocycles. The van der Waals surface area contributed by atoms with Gasteiger partial charge in [-0.05, 0) is 31.9 Å². The first-order chi connectivity index (χ1) is 9.20. The van der Waals surface area contributed by atoms with Crippen molar-refractivity contribution >= 4 is 16.5 Å². The minimum absolute atomic E-state index is 0.493. The molecule has 0 saturated carbocycles. The molecule has 1 fully saturated rings. The average molecular weight is 277 g/mol. The third-order valence-electron chi connectivity index (χ3n) is 3.54. The van der Waals surface area contributed by atoms with Crippen LogP contribution in [0.4, 0.5) is 5.13 Å². The first-order valence-corrected chi connectivity index (χ1v) is 7.45.